The molecule has 0 aromatic rings. The lowest BCUT2D eigenvalue weighted by Gasteiger charge is -2.28. The number of carbonyl (C=O) groups is 1. The second-order valence-corrected chi connectivity index (χ2v) is 5.62. The number of hydrogen-bond acceptors (Lipinski definition) is 8. The summed E-state index contributed by atoms with van der Waals surface area (Å²) >= 11 is 0. The van der Waals surface area contributed by atoms with Crippen molar-refractivity contribution in [2.45, 2.75) is 82.6 Å². The van der Waals surface area contributed by atoms with Crippen molar-refractivity contribution < 1.29 is 40.2 Å². The molecule has 0 aliphatic carbocycles. The van der Waals surface area contributed by atoms with Gasteiger partial charge in [-0.2, -0.15) is 0 Å². The minimum absolute atomic E-state index is 0.0772. The van der Waals surface area contributed by atoms with E-state index in [0.717, 1.165) is 32.1 Å². The van der Waals surface area contributed by atoms with Crippen molar-refractivity contribution in [3.05, 3.63) is 0 Å². The summed E-state index contributed by atoms with van der Waals surface area (Å²) in [5, 5.41) is 55.9. The zero-order chi connectivity index (χ0) is 17.8. The van der Waals surface area contributed by atoms with E-state index in [9.17, 15) is 25.2 Å². The Bertz CT molecular complexity index is 312. The fourth-order valence-corrected chi connectivity index (χ4v) is 2.02. The summed E-state index contributed by atoms with van der Waals surface area (Å²) in [6.45, 7) is 1.27. The first kappa shape index (κ1) is 22.2. The van der Waals surface area contributed by atoms with Crippen LogP contribution >= 0.6 is 0 Å². The molecule has 23 heavy (non-hydrogen) atoms. The molecule has 0 heterocycles. The fraction of sp³-hybridized carbons (Fsp3) is 0.933. The van der Waals surface area contributed by atoms with E-state index in [1.165, 1.54) is 0 Å². The minimum atomic E-state index is -2.03. The van der Waals surface area contributed by atoms with E-state index in [1.54, 1.807) is 0 Å². The molecular formula is C15H30O8. The van der Waals surface area contributed by atoms with Gasteiger partial charge in [0.2, 0.25) is 6.29 Å². The molecule has 0 saturated heterocycles. The maximum absolute atomic E-state index is 11.5. The normalized spacial score (nSPS) is 18.0. The Morgan fingerprint density at radius 1 is 0.870 bits per heavy atom. The van der Waals surface area contributed by atoms with E-state index in [1.807, 2.05) is 0 Å². The van der Waals surface area contributed by atoms with E-state index < -0.39 is 43.3 Å². The maximum atomic E-state index is 11.5. The van der Waals surface area contributed by atoms with Gasteiger partial charge in [0.1, 0.15) is 24.4 Å². The van der Waals surface area contributed by atoms with Gasteiger partial charge in [-0.05, 0) is 6.42 Å². The predicted octanol–water partition coefficient (Wildman–Crippen LogP) is -0.965. The number of carbonyl (C=O) groups excluding carboxylic acids is 1. The van der Waals surface area contributed by atoms with Gasteiger partial charge >= 0.3 is 5.97 Å². The SMILES string of the molecule is CCCCCCCCC(=O)OC(O)[C@H](O)[C@H](O)[C@H](O)[C@@H](O)CO. The molecule has 0 aliphatic heterocycles. The first-order chi connectivity index (χ1) is 10.8. The third-order valence-electron chi connectivity index (χ3n) is 3.56. The Hall–Kier alpha value is -0.770. The summed E-state index contributed by atoms with van der Waals surface area (Å²) in [5.74, 6) is -0.726. The van der Waals surface area contributed by atoms with Gasteiger partial charge in [0.05, 0.1) is 6.61 Å². The van der Waals surface area contributed by atoms with E-state index in [0.29, 0.717) is 6.42 Å². The molecule has 138 valence electrons. The molecule has 0 amide bonds. The molecule has 8 nitrogen and oxygen atoms in total. The monoisotopic (exact) mass is 338 g/mol. The molecule has 1 unspecified atom stereocenters. The topological polar surface area (TPSA) is 148 Å². The van der Waals surface area contributed by atoms with Crippen molar-refractivity contribution in [1.29, 1.82) is 0 Å². The van der Waals surface area contributed by atoms with Crippen LogP contribution in [0.5, 0.6) is 0 Å². The van der Waals surface area contributed by atoms with Crippen LogP contribution in [-0.4, -0.2) is 73.9 Å². The summed E-state index contributed by atoms with van der Waals surface area (Å²) in [5.41, 5.74) is 0. The number of esters is 1. The number of rotatable bonds is 13. The van der Waals surface area contributed by atoms with Gasteiger partial charge in [0.25, 0.3) is 0 Å². The lowest BCUT2D eigenvalue weighted by molar-refractivity contribution is -0.213. The van der Waals surface area contributed by atoms with E-state index in [2.05, 4.69) is 11.7 Å². The molecule has 0 aliphatic rings. The van der Waals surface area contributed by atoms with E-state index in [-0.39, 0.29) is 6.42 Å². The van der Waals surface area contributed by atoms with E-state index >= 15 is 0 Å². The third kappa shape index (κ3) is 9.19. The van der Waals surface area contributed by atoms with Crippen LogP contribution < -0.4 is 0 Å². The van der Waals surface area contributed by atoms with Crippen molar-refractivity contribution in [2.24, 2.45) is 0 Å². The van der Waals surface area contributed by atoms with Crippen LogP contribution in [0, 0.1) is 0 Å². The largest absolute Gasteiger partial charge is 0.433 e. The van der Waals surface area contributed by atoms with Gasteiger partial charge in [-0.1, -0.05) is 39.0 Å². The van der Waals surface area contributed by atoms with Crippen molar-refractivity contribution >= 4 is 5.97 Å². The average Bonchev–Trinajstić information content (AvgIpc) is 2.54. The minimum Gasteiger partial charge on any atom is -0.433 e. The molecule has 0 aromatic carbocycles. The summed E-state index contributed by atoms with van der Waals surface area (Å²) in [6.07, 6.45) is -3.66. The average molecular weight is 338 g/mol. The Labute approximate surface area is 136 Å². The molecule has 0 saturated carbocycles. The molecular weight excluding hydrogens is 308 g/mol. The number of unbranched alkanes of at least 4 members (excludes halogenated alkanes) is 5. The van der Waals surface area contributed by atoms with Gasteiger partial charge in [-0.3, -0.25) is 4.79 Å². The second-order valence-electron chi connectivity index (χ2n) is 5.62. The van der Waals surface area contributed by atoms with Crippen LogP contribution in [0.2, 0.25) is 0 Å². The summed E-state index contributed by atoms with van der Waals surface area (Å²) in [4.78, 5) is 11.5. The fourth-order valence-electron chi connectivity index (χ4n) is 2.02. The first-order valence-electron chi connectivity index (χ1n) is 8.05. The molecule has 0 aromatic heterocycles. The standard InChI is InChI=1S/C15H30O8/c1-2-3-4-5-6-7-8-11(18)23-15(22)14(21)13(20)12(19)10(17)9-16/h10,12-17,19-22H,2-9H2,1H3/t10-,12+,13+,14+,15?/m0/s1. The van der Waals surface area contributed by atoms with Gasteiger partial charge in [-0.25, -0.2) is 0 Å². The second kappa shape index (κ2) is 12.6. The Morgan fingerprint density at radius 3 is 2.00 bits per heavy atom. The Balaban J connectivity index is 4.05. The quantitative estimate of drug-likeness (QED) is 0.143. The van der Waals surface area contributed by atoms with Crippen LogP contribution in [0.15, 0.2) is 0 Å². The highest BCUT2D eigenvalue weighted by molar-refractivity contribution is 5.69. The highest BCUT2D eigenvalue weighted by atomic mass is 16.6. The number of ether oxygens (including phenoxy) is 1. The molecule has 8 heteroatoms. The Morgan fingerprint density at radius 2 is 1.43 bits per heavy atom. The van der Waals surface area contributed by atoms with Gasteiger partial charge in [-0.15, -0.1) is 0 Å². The molecule has 0 spiro atoms. The van der Waals surface area contributed by atoms with Gasteiger partial charge < -0.3 is 35.4 Å². The molecule has 5 atom stereocenters. The van der Waals surface area contributed by atoms with Crippen molar-refractivity contribution in [3.63, 3.8) is 0 Å². The molecule has 0 rings (SSSR count). The Kier molecular flexibility index (Phi) is 12.2. The van der Waals surface area contributed by atoms with Crippen molar-refractivity contribution in [2.75, 3.05) is 6.61 Å². The number of aliphatic hydroxyl groups is 6. The number of hydrogen-bond donors (Lipinski definition) is 6. The van der Waals surface area contributed by atoms with Crippen LogP contribution in [0.25, 0.3) is 0 Å². The molecule has 6 N–H and O–H groups in total. The van der Waals surface area contributed by atoms with Gasteiger partial charge in [0.15, 0.2) is 0 Å². The zero-order valence-electron chi connectivity index (χ0n) is 13.5. The number of aliphatic hydroxyl groups excluding tert-OH is 6. The smallest absolute Gasteiger partial charge is 0.308 e. The lowest BCUT2D eigenvalue weighted by atomic mass is 10.0. The van der Waals surface area contributed by atoms with Crippen molar-refractivity contribution in [3.8, 4) is 0 Å². The molecule has 0 radical (unpaired) electrons. The lowest BCUT2D eigenvalue weighted by Crippen LogP contribution is -2.50. The summed E-state index contributed by atoms with van der Waals surface area (Å²) in [6, 6.07) is 0. The predicted molar refractivity (Wildman–Crippen MR) is 81.2 cm³/mol. The molecule has 0 fully saturated rings. The van der Waals surface area contributed by atoms with Crippen LogP contribution in [-0.2, 0) is 9.53 Å². The third-order valence-corrected chi connectivity index (χ3v) is 3.56. The highest BCUT2D eigenvalue weighted by Crippen LogP contribution is 2.12. The van der Waals surface area contributed by atoms with Crippen molar-refractivity contribution in [1.82, 2.24) is 0 Å². The maximum Gasteiger partial charge on any atom is 0.308 e. The van der Waals surface area contributed by atoms with Crippen LogP contribution in [0.1, 0.15) is 51.9 Å². The van der Waals surface area contributed by atoms with Crippen LogP contribution in [0.3, 0.4) is 0 Å². The highest BCUT2D eigenvalue weighted by Gasteiger charge is 2.35. The first-order valence-corrected chi connectivity index (χ1v) is 8.05. The summed E-state index contributed by atoms with van der Waals surface area (Å²) < 4.78 is 4.58. The zero-order valence-corrected chi connectivity index (χ0v) is 13.5. The van der Waals surface area contributed by atoms with Crippen LogP contribution in [0.4, 0.5) is 0 Å². The van der Waals surface area contributed by atoms with E-state index in [4.69, 9.17) is 10.2 Å². The molecule has 0 bridgehead atoms. The summed E-state index contributed by atoms with van der Waals surface area (Å²) in [7, 11) is 0. The van der Waals surface area contributed by atoms with Gasteiger partial charge in [0, 0.05) is 6.42 Å².